The quantitative estimate of drug-likeness (QED) is 0.694. The number of ether oxygens (including phenoxy) is 1. The molecule has 128 valence electrons. The van der Waals surface area contributed by atoms with Crippen LogP contribution >= 0.6 is 0 Å². The first-order valence-electron chi connectivity index (χ1n) is 8.38. The lowest BCUT2D eigenvalue weighted by atomic mass is 9.81. The summed E-state index contributed by atoms with van der Waals surface area (Å²) in [6, 6.07) is 19.4. The molecule has 2 atom stereocenters. The van der Waals surface area contributed by atoms with Crippen LogP contribution in [0.15, 0.2) is 73.3 Å². The van der Waals surface area contributed by atoms with Crippen LogP contribution in [-0.4, -0.2) is 30.4 Å². The van der Waals surface area contributed by atoms with E-state index >= 15 is 0 Å². The Morgan fingerprint density at radius 1 is 1.04 bits per heavy atom. The van der Waals surface area contributed by atoms with Crippen molar-refractivity contribution >= 4 is 0 Å². The molecular formula is C21H27NO2. The van der Waals surface area contributed by atoms with Crippen molar-refractivity contribution < 1.29 is 9.84 Å². The second kappa shape index (κ2) is 8.78. The van der Waals surface area contributed by atoms with Crippen molar-refractivity contribution in [3.8, 4) is 0 Å². The van der Waals surface area contributed by atoms with Gasteiger partial charge in [0.2, 0.25) is 0 Å². The predicted molar refractivity (Wildman–Crippen MR) is 99.0 cm³/mol. The van der Waals surface area contributed by atoms with Crippen LogP contribution in [0.25, 0.3) is 0 Å². The summed E-state index contributed by atoms with van der Waals surface area (Å²) < 4.78 is 5.60. The number of aliphatic hydroxyl groups is 1. The zero-order valence-electron chi connectivity index (χ0n) is 14.5. The molecule has 0 radical (unpaired) electrons. The van der Waals surface area contributed by atoms with E-state index in [4.69, 9.17) is 4.74 Å². The first-order valence-corrected chi connectivity index (χ1v) is 8.38. The normalized spacial score (nSPS) is 14.1. The smallest absolute Gasteiger partial charge is 0.130 e. The average Bonchev–Trinajstić information content (AvgIpc) is 2.65. The number of rotatable bonds is 9. The van der Waals surface area contributed by atoms with Crippen LogP contribution in [0, 0.1) is 0 Å². The molecule has 0 saturated heterocycles. The van der Waals surface area contributed by atoms with E-state index in [0.717, 1.165) is 11.1 Å². The van der Waals surface area contributed by atoms with Gasteiger partial charge in [0.1, 0.15) is 5.60 Å². The fourth-order valence-corrected chi connectivity index (χ4v) is 2.83. The zero-order valence-corrected chi connectivity index (χ0v) is 14.5. The molecule has 2 N–H and O–H groups in total. The Hall–Kier alpha value is -1.94. The molecule has 0 saturated carbocycles. The van der Waals surface area contributed by atoms with Crippen LogP contribution in [0.5, 0.6) is 0 Å². The standard InChI is InChI=1S/C21H27NO2/c1-4-15-24-17(2)16-22-18(3)21(23,19-11-7-5-8-12-19)20-13-9-6-10-14-20/h4-14,17-18,22-23H,1,15-16H2,2-3H3/t17-,18-/m0/s1. The highest BCUT2D eigenvalue weighted by Gasteiger charge is 2.37. The largest absolute Gasteiger partial charge is 0.379 e. The predicted octanol–water partition coefficient (Wildman–Crippen LogP) is 3.49. The third-order valence-corrected chi connectivity index (χ3v) is 4.26. The van der Waals surface area contributed by atoms with Gasteiger partial charge in [-0.15, -0.1) is 6.58 Å². The summed E-state index contributed by atoms with van der Waals surface area (Å²) in [4.78, 5) is 0. The second-order valence-corrected chi connectivity index (χ2v) is 6.06. The van der Waals surface area contributed by atoms with Crippen molar-refractivity contribution in [2.24, 2.45) is 0 Å². The molecule has 3 nitrogen and oxygen atoms in total. The van der Waals surface area contributed by atoms with E-state index in [2.05, 4.69) is 11.9 Å². The summed E-state index contributed by atoms with van der Waals surface area (Å²) >= 11 is 0. The van der Waals surface area contributed by atoms with Crippen molar-refractivity contribution in [2.45, 2.75) is 31.6 Å². The van der Waals surface area contributed by atoms with E-state index in [1.54, 1.807) is 6.08 Å². The molecule has 2 aromatic carbocycles. The molecule has 0 aliphatic heterocycles. The minimum atomic E-state index is -1.11. The van der Waals surface area contributed by atoms with Gasteiger partial charge in [0.05, 0.1) is 12.7 Å². The van der Waals surface area contributed by atoms with E-state index in [1.807, 2.05) is 74.5 Å². The molecule has 2 aromatic rings. The molecule has 0 fully saturated rings. The maximum absolute atomic E-state index is 11.6. The van der Waals surface area contributed by atoms with Gasteiger partial charge in [0.15, 0.2) is 0 Å². The van der Waals surface area contributed by atoms with Crippen LogP contribution in [0.3, 0.4) is 0 Å². The summed E-state index contributed by atoms with van der Waals surface area (Å²) in [6.07, 6.45) is 1.78. The zero-order chi connectivity index (χ0) is 17.4. The Bertz CT molecular complexity index is 573. The van der Waals surface area contributed by atoms with Crippen molar-refractivity contribution in [1.29, 1.82) is 0 Å². The lowest BCUT2D eigenvalue weighted by Gasteiger charge is -2.36. The van der Waals surface area contributed by atoms with E-state index in [0.29, 0.717) is 13.2 Å². The Morgan fingerprint density at radius 2 is 1.54 bits per heavy atom. The average molecular weight is 325 g/mol. The number of hydrogen-bond donors (Lipinski definition) is 2. The van der Waals surface area contributed by atoms with Crippen LogP contribution in [0.2, 0.25) is 0 Å². The maximum atomic E-state index is 11.6. The van der Waals surface area contributed by atoms with Gasteiger partial charge in [0, 0.05) is 12.6 Å². The summed E-state index contributed by atoms with van der Waals surface area (Å²) in [5.41, 5.74) is 0.632. The number of nitrogens with one attached hydrogen (secondary N) is 1. The van der Waals surface area contributed by atoms with Gasteiger partial charge in [-0.05, 0) is 25.0 Å². The molecular weight excluding hydrogens is 298 g/mol. The SMILES string of the molecule is C=CCO[C@@H](C)CN[C@@H](C)C(O)(c1ccccc1)c1ccccc1. The van der Waals surface area contributed by atoms with Gasteiger partial charge < -0.3 is 15.2 Å². The summed E-state index contributed by atoms with van der Waals surface area (Å²) in [5.74, 6) is 0. The highest BCUT2D eigenvalue weighted by molar-refractivity contribution is 5.37. The third-order valence-electron chi connectivity index (χ3n) is 4.26. The van der Waals surface area contributed by atoms with Gasteiger partial charge in [-0.2, -0.15) is 0 Å². The number of benzene rings is 2. The fraction of sp³-hybridized carbons (Fsp3) is 0.333. The van der Waals surface area contributed by atoms with Crippen LogP contribution in [-0.2, 0) is 10.3 Å². The monoisotopic (exact) mass is 325 g/mol. The minimum absolute atomic E-state index is 0.0428. The van der Waals surface area contributed by atoms with E-state index in [1.165, 1.54) is 0 Å². The lowest BCUT2D eigenvalue weighted by Crippen LogP contribution is -2.49. The van der Waals surface area contributed by atoms with Crippen LogP contribution in [0.1, 0.15) is 25.0 Å². The van der Waals surface area contributed by atoms with Gasteiger partial charge in [0.25, 0.3) is 0 Å². The number of hydrogen-bond acceptors (Lipinski definition) is 3. The highest BCUT2D eigenvalue weighted by atomic mass is 16.5. The molecule has 0 aliphatic carbocycles. The van der Waals surface area contributed by atoms with Gasteiger partial charge in [-0.1, -0.05) is 66.7 Å². The van der Waals surface area contributed by atoms with E-state index in [9.17, 15) is 5.11 Å². The molecule has 0 heterocycles. The molecule has 0 spiro atoms. The summed E-state index contributed by atoms with van der Waals surface area (Å²) in [5, 5.41) is 15.0. The first-order chi connectivity index (χ1) is 11.6. The van der Waals surface area contributed by atoms with Gasteiger partial charge in [-0.25, -0.2) is 0 Å². The van der Waals surface area contributed by atoms with E-state index < -0.39 is 5.60 Å². The lowest BCUT2D eigenvalue weighted by molar-refractivity contribution is 0.0313. The Kier molecular flexibility index (Phi) is 6.73. The van der Waals surface area contributed by atoms with Crippen molar-refractivity contribution in [1.82, 2.24) is 5.32 Å². The molecule has 0 aliphatic rings. The topological polar surface area (TPSA) is 41.5 Å². The van der Waals surface area contributed by atoms with Crippen molar-refractivity contribution in [3.05, 3.63) is 84.4 Å². The second-order valence-electron chi connectivity index (χ2n) is 6.06. The Labute approximate surface area is 145 Å². The molecule has 3 heteroatoms. The molecule has 0 unspecified atom stereocenters. The fourth-order valence-electron chi connectivity index (χ4n) is 2.83. The summed E-state index contributed by atoms with van der Waals surface area (Å²) in [6.45, 7) is 8.84. The third kappa shape index (κ3) is 4.32. The Morgan fingerprint density at radius 3 is 2.00 bits per heavy atom. The Balaban J connectivity index is 2.22. The summed E-state index contributed by atoms with van der Waals surface area (Å²) in [7, 11) is 0. The van der Waals surface area contributed by atoms with Crippen molar-refractivity contribution in [2.75, 3.05) is 13.2 Å². The molecule has 0 amide bonds. The van der Waals surface area contributed by atoms with E-state index in [-0.39, 0.29) is 12.1 Å². The molecule has 0 bridgehead atoms. The van der Waals surface area contributed by atoms with Gasteiger partial charge >= 0.3 is 0 Å². The molecule has 24 heavy (non-hydrogen) atoms. The maximum Gasteiger partial charge on any atom is 0.130 e. The van der Waals surface area contributed by atoms with Crippen LogP contribution in [0.4, 0.5) is 0 Å². The highest BCUT2D eigenvalue weighted by Crippen LogP contribution is 2.32. The molecule has 2 rings (SSSR count). The first kappa shape index (κ1) is 18.4. The molecule has 0 aromatic heterocycles. The van der Waals surface area contributed by atoms with Crippen LogP contribution < -0.4 is 5.32 Å². The van der Waals surface area contributed by atoms with Gasteiger partial charge in [-0.3, -0.25) is 0 Å². The van der Waals surface area contributed by atoms with Crippen molar-refractivity contribution in [3.63, 3.8) is 0 Å². The minimum Gasteiger partial charge on any atom is -0.379 e.